The van der Waals surface area contributed by atoms with Crippen molar-refractivity contribution >= 4 is 11.5 Å². The molecule has 0 aromatic carbocycles. The highest BCUT2D eigenvalue weighted by molar-refractivity contribution is 5.69. The Morgan fingerprint density at radius 2 is 2.38 bits per heavy atom. The van der Waals surface area contributed by atoms with Crippen molar-refractivity contribution in [1.82, 2.24) is 4.98 Å². The van der Waals surface area contributed by atoms with Crippen molar-refractivity contribution in [2.24, 2.45) is 5.41 Å². The Balaban J connectivity index is 2.00. The minimum Gasteiger partial charge on any atom is -0.381 e. The van der Waals surface area contributed by atoms with Crippen LogP contribution < -0.4 is 10.6 Å². The van der Waals surface area contributed by atoms with E-state index in [0.717, 1.165) is 12.4 Å². The SMILES string of the molecule is Cc1ccnc2c1NCC1(C)CCCC1N2. The first kappa shape index (κ1) is 9.94. The van der Waals surface area contributed by atoms with Gasteiger partial charge in [-0.05, 0) is 31.4 Å². The molecule has 2 aliphatic rings. The zero-order valence-electron chi connectivity index (χ0n) is 10.0. The molecule has 16 heavy (non-hydrogen) atoms. The van der Waals surface area contributed by atoms with Crippen molar-refractivity contribution in [3.63, 3.8) is 0 Å². The number of fused-ring (bicyclic) bond motifs is 2. The van der Waals surface area contributed by atoms with Crippen LogP contribution in [0.2, 0.25) is 0 Å². The molecule has 3 heteroatoms. The molecule has 0 bridgehead atoms. The molecule has 2 atom stereocenters. The lowest BCUT2D eigenvalue weighted by Gasteiger charge is -2.29. The molecule has 3 nitrogen and oxygen atoms in total. The Bertz CT molecular complexity index is 416. The maximum atomic E-state index is 4.46. The number of aromatic nitrogens is 1. The van der Waals surface area contributed by atoms with E-state index in [1.54, 1.807) is 0 Å². The average Bonchev–Trinajstić information content (AvgIpc) is 2.53. The lowest BCUT2D eigenvalue weighted by Crippen LogP contribution is -2.36. The molecule has 2 unspecified atom stereocenters. The first-order valence-electron chi connectivity index (χ1n) is 6.15. The van der Waals surface area contributed by atoms with Crippen LogP contribution in [0.1, 0.15) is 31.7 Å². The van der Waals surface area contributed by atoms with Gasteiger partial charge in [0.2, 0.25) is 0 Å². The minimum atomic E-state index is 0.382. The van der Waals surface area contributed by atoms with E-state index in [4.69, 9.17) is 0 Å². The van der Waals surface area contributed by atoms with Crippen LogP contribution in [0.3, 0.4) is 0 Å². The van der Waals surface area contributed by atoms with Gasteiger partial charge in [0.1, 0.15) is 5.82 Å². The summed E-state index contributed by atoms with van der Waals surface area (Å²) < 4.78 is 0. The number of rotatable bonds is 0. The summed E-state index contributed by atoms with van der Waals surface area (Å²) in [6.45, 7) is 5.58. The zero-order chi connectivity index (χ0) is 11.2. The number of aryl methyl sites for hydroxylation is 1. The van der Waals surface area contributed by atoms with E-state index in [1.807, 2.05) is 6.20 Å². The normalized spacial score (nSPS) is 32.0. The average molecular weight is 217 g/mol. The largest absolute Gasteiger partial charge is 0.381 e. The predicted octanol–water partition coefficient (Wildman–Crippen LogP) is 2.79. The highest BCUT2D eigenvalue weighted by atomic mass is 15.1. The molecule has 0 spiro atoms. The molecule has 1 saturated carbocycles. The summed E-state index contributed by atoms with van der Waals surface area (Å²) >= 11 is 0. The summed E-state index contributed by atoms with van der Waals surface area (Å²) in [5, 5.41) is 7.21. The van der Waals surface area contributed by atoms with E-state index in [0.29, 0.717) is 11.5 Å². The Labute approximate surface area is 96.7 Å². The fourth-order valence-corrected chi connectivity index (χ4v) is 3.04. The van der Waals surface area contributed by atoms with Crippen LogP contribution in [-0.4, -0.2) is 17.6 Å². The van der Waals surface area contributed by atoms with Crippen molar-refractivity contribution < 1.29 is 0 Å². The molecule has 86 valence electrons. The molecule has 2 heterocycles. The summed E-state index contributed by atoms with van der Waals surface area (Å²) in [6.07, 6.45) is 5.80. The van der Waals surface area contributed by atoms with Crippen molar-refractivity contribution in [2.75, 3.05) is 17.2 Å². The van der Waals surface area contributed by atoms with E-state index in [-0.39, 0.29) is 0 Å². The van der Waals surface area contributed by atoms with Crippen LogP contribution in [-0.2, 0) is 0 Å². The van der Waals surface area contributed by atoms with Gasteiger partial charge >= 0.3 is 0 Å². The third-order valence-corrected chi connectivity index (χ3v) is 4.22. The van der Waals surface area contributed by atoms with E-state index in [9.17, 15) is 0 Å². The monoisotopic (exact) mass is 217 g/mol. The zero-order valence-corrected chi connectivity index (χ0v) is 10.0. The van der Waals surface area contributed by atoms with E-state index < -0.39 is 0 Å². The maximum absolute atomic E-state index is 4.46. The van der Waals surface area contributed by atoms with Gasteiger partial charge in [-0.3, -0.25) is 0 Å². The molecule has 1 aromatic heterocycles. The molecular formula is C13H19N3. The fraction of sp³-hybridized carbons (Fsp3) is 0.615. The number of anilines is 2. The number of hydrogen-bond acceptors (Lipinski definition) is 3. The van der Waals surface area contributed by atoms with E-state index in [1.165, 1.54) is 30.5 Å². The van der Waals surface area contributed by atoms with Gasteiger partial charge in [0.15, 0.2) is 0 Å². The van der Waals surface area contributed by atoms with Crippen LogP contribution in [0.5, 0.6) is 0 Å². The second kappa shape index (κ2) is 3.37. The van der Waals surface area contributed by atoms with Gasteiger partial charge in [-0.25, -0.2) is 4.98 Å². The Kier molecular flexibility index (Phi) is 2.09. The van der Waals surface area contributed by atoms with Crippen LogP contribution in [0.25, 0.3) is 0 Å². The molecule has 3 rings (SSSR count). The molecular weight excluding hydrogens is 198 g/mol. The van der Waals surface area contributed by atoms with Crippen molar-refractivity contribution in [2.45, 2.75) is 39.2 Å². The molecule has 2 N–H and O–H groups in total. The number of hydrogen-bond donors (Lipinski definition) is 2. The summed E-state index contributed by atoms with van der Waals surface area (Å²) in [5.74, 6) is 1.04. The van der Waals surface area contributed by atoms with Gasteiger partial charge in [-0.15, -0.1) is 0 Å². The molecule has 0 radical (unpaired) electrons. The summed E-state index contributed by atoms with van der Waals surface area (Å²) in [5.41, 5.74) is 2.85. The third kappa shape index (κ3) is 1.38. The Morgan fingerprint density at radius 1 is 1.50 bits per heavy atom. The lowest BCUT2D eigenvalue weighted by atomic mass is 9.85. The third-order valence-electron chi connectivity index (χ3n) is 4.22. The summed E-state index contributed by atoms with van der Waals surface area (Å²) in [6, 6.07) is 2.65. The lowest BCUT2D eigenvalue weighted by molar-refractivity contribution is 0.335. The second-order valence-electron chi connectivity index (χ2n) is 5.45. The van der Waals surface area contributed by atoms with Crippen molar-refractivity contribution in [1.29, 1.82) is 0 Å². The smallest absolute Gasteiger partial charge is 0.149 e. The summed E-state index contributed by atoms with van der Waals surface area (Å²) in [4.78, 5) is 4.46. The Hall–Kier alpha value is -1.25. The minimum absolute atomic E-state index is 0.382. The van der Waals surface area contributed by atoms with Crippen LogP contribution in [0.15, 0.2) is 12.3 Å². The molecule has 1 aromatic rings. The second-order valence-corrected chi connectivity index (χ2v) is 5.45. The molecule has 0 saturated heterocycles. The number of nitrogens with zero attached hydrogens (tertiary/aromatic N) is 1. The molecule has 1 fully saturated rings. The van der Waals surface area contributed by atoms with Crippen LogP contribution >= 0.6 is 0 Å². The van der Waals surface area contributed by atoms with Gasteiger partial charge in [0.25, 0.3) is 0 Å². The fourth-order valence-electron chi connectivity index (χ4n) is 3.04. The molecule has 1 aliphatic heterocycles. The van der Waals surface area contributed by atoms with Gasteiger partial charge in [-0.1, -0.05) is 13.3 Å². The van der Waals surface area contributed by atoms with E-state index in [2.05, 4.69) is 35.5 Å². The van der Waals surface area contributed by atoms with Crippen molar-refractivity contribution in [3.8, 4) is 0 Å². The van der Waals surface area contributed by atoms with Crippen molar-refractivity contribution in [3.05, 3.63) is 17.8 Å². The molecule has 1 aliphatic carbocycles. The van der Waals surface area contributed by atoms with Crippen LogP contribution in [0.4, 0.5) is 11.5 Å². The quantitative estimate of drug-likeness (QED) is 0.701. The Morgan fingerprint density at radius 3 is 3.25 bits per heavy atom. The van der Waals surface area contributed by atoms with E-state index >= 15 is 0 Å². The highest BCUT2D eigenvalue weighted by Crippen LogP contribution is 2.43. The first-order chi connectivity index (χ1) is 7.69. The predicted molar refractivity (Wildman–Crippen MR) is 66.8 cm³/mol. The molecule has 0 amide bonds. The van der Waals surface area contributed by atoms with Gasteiger partial charge in [0.05, 0.1) is 5.69 Å². The maximum Gasteiger partial charge on any atom is 0.149 e. The summed E-state index contributed by atoms with van der Waals surface area (Å²) in [7, 11) is 0. The van der Waals surface area contributed by atoms with Gasteiger partial charge in [0, 0.05) is 24.2 Å². The van der Waals surface area contributed by atoms with Gasteiger partial charge < -0.3 is 10.6 Å². The standard InChI is InChI=1S/C13H19N3/c1-9-5-7-14-12-11(9)15-8-13(2)6-3-4-10(13)16-12/h5,7,10,15H,3-4,6,8H2,1-2H3,(H,14,16). The topological polar surface area (TPSA) is 37.0 Å². The number of pyridine rings is 1. The number of nitrogens with one attached hydrogen (secondary N) is 2. The van der Waals surface area contributed by atoms with Gasteiger partial charge in [-0.2, -0.15) is 0 Å². The highest BCUT2D eigenvalue weighted by Gasteiger charge is 2.40. The van der Waals surface area contributed by atoms with Crippen LogP contribution in [0, 0.1) is 12.3 Å². The first-order valence-corrected chi connectivity index (χ1v) is 6.15.